The van der Waals surface area contributed by atoms with E-state index in [1.165, 1.54) is 4.90 Å². The Morgan fingerprint density at radius 1 is 1.36 bits per heavy atom. The van der Waals surface area contributed by atoms with Crippen LogP contribution in [0.1, 0.15) is 20.3 Å². The second-order valence-corrected chi connectivity index (χ2v) is 4.27. The van der Waals surface area contributed by atoms with Crippen molar-refractivity contribution >= 4 is 11.8 Å². The van der Waals surface area contributed by atoms with Gasteiger partial charge in [-0.05, 0) is 20.3 Å². The van der Waals surface area contributed by atoms with Crippen molar-refractivity contribution in [3.8, 4) is 0 Å². The molecule has 2 amide bonds. The lowest BCUT2D eigenvalue weighted by Crippen LogP contribution is -2.31. The summed E-state index contributed by atoms with van der Waals surface area (Å²) in [5, 5.41) is 0. The summed E-state index contributed by atoms with van der Waals surface area (Å²) in [5.41, 5.74) is 1.17. The van der Waals surface area contributed by atoms with Crippen LogP contribution in [0.3, 0.4) is 0 Å². The predicted molar refractivity (Wildman–Crippen MR) is 52.3 cm³/mol. The maximum atomic E-state index is 11.9. The lowest BCUT2D eigenvalue weighted by atomic mass is 9.75. The molecular formula is C11H13NO2. The van der Waals surface area contributed by atoms with Crippen molar-refractivity contribution in [2.75, 3.05) is 7.05 Å². The van der Waals surface area contributed by atoms with Crippen molar-refractivity contribution in [2.45, 2.75) is 20.3 Å². The number of likely N-dealkylation sites (N-methyl/N-ethyl adjacent to an activating group) is 1. The molecule has 74 valence electrons. The fourth-order valence-corrected chi connectivity index (χ4v) is 2.26. The molecule has 0 aromatic heterocycles. The van der Waals surface area contributed by atoms with E-state index in [1.54, 1.807) is 13.1 Å². The van der Waals surface area contributed by atoms with Gasteiger partial charge in [-0.2, -0.15) is 0 Å². The van der Waals surface area contributed by atoms with Gasteiger partial charge in [-0.25, -0.2) is 0 Å². The lowest BCUT2D eigenvalue weighted by molar-refractivity contribution is -0.139. The zero-order valence-corrected chi connectivity index (χ0v) is 8.63. The van der Waals surface area contributed by atoms with Crippen LogP contribution in [0.5, 0.6) is 0 Å². The first-order chi connectivity index (χ1) is 6.47. The van der Waals surface area contributed by atoms with Gasteiger partial charge in [-0.15, -0.1) is 0 Å². The Labute approximate surface area is 83.1 Å². The van der Waals surface area contributed by atoms with Gasteiger partial charge in [0, 0.05) is 12.6 Å². The average Bonchev–Trinajstić information content (AvgIpc) is 2.28. The minimum absolute atomic E-state index is 0.0822. The minimum atomic E-state index is -0.606. The summed E-state index contributed by atoms with van der Waals surface area (Å²) in [7, 11) is 1.55. The van der Waals surface area contributed by atoms with Crippen LogP contribution in [0.25, 0.3) is 0 Å². The lowest BCUT2D eigenvalue weighted by Gasteiger charge is -2.25. The number of hydrogen-bond acceptors (Lipinski definition) is 2. The molecule has 14 heavy (non-hydrogen) atoms. The highest BCUT2D eigenvalue weighted by molar-refractivity contribution is 6.17. The molecule has 0 aromatic rings. The number of amides is 2. The molecule has 1 aliphatic heterocycles. The smallest absolute Gasteiger partial charge is 0.257 e. The normalized spacial score (nSPS) is 31.5. The summed E-state index contributed by atoms with van der Waals surface area (Å²) < 4.78 is 0. The van der Waals surface area contributed by atoms with Crippen LogP contribution in [-0.4, -0.2) is 23.8 Å². The Kier molecular flexibility index (Phi) is 1.68. The van der Waals surface area contributed by atoms with Crippen LogP contribution in [-0.2, 0) is 9.59 Å². The van der Waals surface area contributed by atoms with E-state index in [0.717, 1.165) is 5.57 Å². The highest BCUT2D eigenvalue weighted by Crippen LogP contribution is 2.44. The Balaban J connectivity index is 2.56. The second kappa shape index (κ2) is 2.56. The predicted octanol–water partition coefficient (Wildman–Crippen LogP) is 1.27. The van der Waals surface area contributed by atoms with Gasteiger partial charge in [0.25, 0.3) is 5.91 Å². The Bertz CT molecular complexity index is 392. The number of nitrogens with zero attached hydrogens (tertiary/aromatic N) is 1. The Hall–Kier alpha value is -1.38. The molecule has 1 aliphatic carbocycles. The molecule has 0 bridgehead atoms. The summed E-state index contributed by atoms with van der Waals surface area (Å²) in [5.74, 6) is -0.234. The molecule has 0 spiro atoms. The van der Waals surface area contributed by atoms with Gasteiger partial charge in [-0.1, -0.05) is 17.7 Å². The van der Waals surface area contributed by atoms with Crippen molar-refractivity contribution in [3.63, 3.8) is 0 Å². The van der Waals surface area contributed by atoms with Crippen LogP contribution in [0.15, 0.2) is 23.3 Å². The number of rotatable bonds is 0. The highest BCUT2D eigenvalue weighted by atomic mass is 16.2. The van der Waals surface area contributed by atoms with E-state index < -0.39 is 5.41 Å². The van der Waals surface area contributed by atoms with Crippen molar-refractivity contribution in [1.82, 2.24) is 4.90 Å². The first kappa shape index (κ1) is 9.19. The van der Waals surface area contributed by atoms with Gasteiger partial charge in [0.2, 0.25) is 5.91 Å². The van der Waals surface area contributed by atoms with Gasteiger partial charge in [0.1, 0.15) is 0 Å². The van der Waals surface area contributed by atoms with E-state index in [-0.39, 0.29) is 11.8 Å². The molecule has 0 saturated carbocycles. The van der Waals surface area contributed by atoms with Gasteiger partial charge >= 0.3 is 0 Å². The van der Waals surface area contributed by atoms with Gasteiger partial charge in [0.05, 0.1) is 5.41 Å². The largest absolute Gasteiger partial charge is 0.281 e. The van der Waals surface area contributed by atoms with Gasteiger partial charge < -0.3 is 0 Å². The van der Waals surface area contributed by atoms with Crippen molar-refractivity contribution in [2.24, 2.45) is 5.41 Å². The topological polar surface area (TPSA) is 37.4 Å². The van der Waals surface area contributed by atoms with E-state index in [2.05, 4.69) is 0 Å². The van der Waals surface area contributed by atoms with Crippen LogP contribution < -0.4 is 0 Å². The summed E-state index contributed by atoms with van der Waals surface area (Å²) in [6.45, 7) is 3.83. The molecule has 0 aromatic carbocycles. The number of carbonyl (C=O) groups is 2. The van der Waals surface area contributed by atoms with Crippen LogP contribution in [0.4, 0.5) is 0 Å². The fourth-order valence-electron chi connectivity index (χ4n) is 2.26. The summed E-state index contributed by atoms with van der Waals surface area (Å²) in [6, 6.07) is 0. The molecule has 2 rings (SSSR count). The van der Waals surface area contributed by atoms with E-state index in [9.17, 15) is 9.59 Å². The summed E-state index contributed by atoms with van der Waals surface area (Å²) >= 11 is 0. The molecule has 1 atom stereocenters. The molecule has 1 saturated heterocycles. The summed E-state index contributed by atoms with van der Waals surface area (Å²) in [4.78, 5) is 24.7. The highest BCUT2D eigenvalue weighted by Gasteiger charge is 2.51. The van der Waals surface area contributed by atoms with Crippen molar-refractivity contribution in [1.29, 1.82) is 0 Å². The number of fused-ring (bicyclic) bond motifs is 1. The van der Waals surface area contributed by atoms with Gasteiger partial charge in [0.15, 0.2) is 0 Å². The molecule has 0 N–H and O–H groups in total. The minimum Gasteiger partial charge on any atom is -0.281 e. The monoisotopic (exact) mass is 191 g/mol. The number of imide groups is 1. The zero-order chi connectivity index (χ0) is 10.5. The van der Waals surface area contributed by atoms with Crippen LogP contribution >= 0.6 is 0 Å². The standard InChI is InChI=1S/C11H13NO2/c1-7-4-5-8-9(13)12(3)10(14)11(8,2)6-7/h4-5H,6H2,1-3H3. The first-order valence-corrected chi connectivity index (χ1v) is 4.67. The Morgan fingerprint density at radius 3 is 2.64 bits per heavy atom. The van der Waals surface area contributed by atoms with E-state index in [0.29, 0.717) is 12.0 Å². The maximum absolute atomic E-state index is 11.9. The number of hydrogen-bond donors (Lipinski definition) is 0. The SMILES string of the molecule is CC1=CC=C2C(=O)N(C)C(=O)C2(C)C1. The molecule has 2 aliphatic rings. The molecule has 0 radical (unpaired) electrons. The van der Waals surface area contributed by atoms with Crippen LogP contribution in [0, 0.1) is 5.41 Å². The molecular weight excluding hydrogens is 178 g/mol. The number of likely N-dealkylation sites (tertiary alicyclic amines) is 1. The third-order valence-electron chi connectivity index (χ3n) is 3.07. The molecule has 1 fully saturated rings. The second-order valence-electron chi connectivity index (χ2n) is 4.27. The molecule has 1 heterocycles. The third kappa shape index (κ3) is 0.924. The van der Waals surface area contributed by atoms with E-state index >= 15 is 0 Å². The summed E-state index contributed by atoms with van der Waals surface area (Å²) in [6.07, 6.45) is 4.36. The zero-order valence-electron chi connectivity index (χ0n) is 8.63. The molecule has 1 unspecified atom stereocenters. The Morgan fingerprint density at radius 2 is 2.00 bits per heavy atom. The van der Waals surface area contributed by atoms with Crippen LogP contribution in [0.2, 0.25) is 0 Å². The van der Waals surface area contributed by atoms with Crippen molar-refractivity contribution < 1.29 is 9.59 Å². The quantitative estimate of drug-likeness (QED) is 0.541. The molecule has 3 heteroatoms. The maximum Gasteiger partial charge on any atom is 0.257 e. The molecule has 3 nitrogen and oxygen atoms in total. The third-order valence-corrected chi connectivity index (χ3v) is 3.07. The first-order valence-electron chi connectivity index (χ1n) is 4.67. The number of carbonyl (C=O) groups excluding carboxylic acids is 2. The van der Waals surface area contributed by atoms with E-state index in [1.807, 2.05) is 19.9 Å². The van der Waals surface area contributed by atoms with Crippen molar-refractivity contribution in [3.05, 3.63) is 23.3 Å². The van der Waals surface area contributed by atoms with Gasteiger partial charge in [-0.3, -0.25) is 14.5 Å². The number of allylic oxidation sites excluding steroid dienone is 3. The fraction of sp³-hybridized carbons (Fsp3) is 0.455. The average molecular weight is 191 g/mol. The van der Waals surface area contributed by atoms with E-state index in [4.69, 9.17) is 0 Å².